The van der Waals surface area contributed by atoms with E-state index in [-0.39, 0.29) is 13.0 Å². The third-order valence-corrected chi connectivity index (χ3v) is 2.46. The number of carbonyl (C=O) groups is 3. The monoisotopic (exact) mass is 261 g/mol. The number of methoxy groups -OCH3 is 1. The third-order valence-electron chi connectivity index (χ3n) is 2.46. The van der Waals surface area contributed by atoms with Crippen LogP contribution >= 0.6 is 0 Å². The van der Waals surface area contributed by atoms with Gasteiger partial charge < -0.3 is 20.3 Å². The van der Waals surface area contributed by atoms with Crippen molar-refractivity contribution in [1.82, 2.24) is 0 Å². The molecule has 0 bridgehead atoms. The van der Waals surface area contributed by atoms with Crippen LogP contribution in [-0.4, -0.2) is 42.8 Å². The van der Waals surface area contributed by atoms with Crippen molar-refractivity contribution in [2.75, 3.05) is 13.7 Å². The maximum Gasteiger partial charge on any atom is 0.323 e. The second-order valence-electron chi connectivity index (χ2n) is 4.16. The average Bonchev–Trinajstić information content (AvgIpc) is 2.32. The molecule has 0 aromatic rings. The SMILES string of the molecule is COC(=O)C(C)COC(=O)[C@@H](N)C(C)CC(=O)O. The number of esters is 2. The van der Waals surface area contributed by atoms with E-state index in [9.17, 15) is 14.4 Å². The Bertz CT molecular complexity index is 317. The van der Waals surface area contributed by atoms with Crippen molar-refractivity contribution in [3.8, 4) is 0 Å². The smallest absolute Gasteiger partial charge is 0.323 e. The van der Waals surface area contributed by atoms with Crippen LogP contribution in [0.15, 0.2) is 0 Å². The van der Waals surface area contributed by atoms with Crippen molar-refractivity contribution < 1.29 is 29.0 Å². The highest BCUT2D eigenvalue weighted by Crippen LogP contribution is 2.09. The van der Waals surface area contributed by atoms with Gasteiger partial charge in [-0.3, -0.25) is 14.4 Å². The van der Waals surface area contributed by atoms with Crippen molar-refractivity contribution >= 4 is 17.9 Å². The molecule has 0 spiro atoms. The highest BCUT2D eigenvalue weighted by atomic mass is 16.5. The van der Waals surface area contributed by atoms with Crippen LogP contribution in [0.25, 0.3) is 0 Å². The van der Waals surface area contributed by atoms with Gasteiger partial charge >= 0.3 is 17.9 Å². The van der Waals surface area contributed by atoms with Gasteiger partial charge in [0, 0.05) is 6.42 Å². The molecule has 7 heteroatoms. The normalized spacial score (nSPS) is 15.3. The second kappa shape index (κ2) is 7.65. The van der Waals surface area contributed by atoms with Crippen molar-refractivity contribution in [2.45, 2.75) is 26.3 Å². The lowest BCUT2D eigenvalue weighted by Crippen LogP contribution is -2.40. The molecule has 3 N–H and O–H groups in total. The summed E-state index contributed by atoms with van der Waals surface area (Å²) in [5.41, 5.74) is 5.55. The predicted molar refractivity (Wildman–Crippen MR) is 61.5 cm³/mol. The van der Waals surface area contributed by atoms with Gasteiger partial charge in [-0.15, -0.1) is 0 Å². The summed E-state index contributed by atoms with van der Waals surface area (Å²) in [6.45, 7) is 2.95. The summed E-state index contributed by atoms with van der Waals surface area (Å²) >= 11 is 0. The van der Waals surface area contributed by atoms with E-state index in [4.69, 9.17) is 15.6 Å². The molecule has 0 aliphatic rings. The van der Waals surface area contributed by atoms with E-state index in [0.717, 1.165) is 0 Å². The number of carboxylic acid groups (broad SMARTS) is 1. The maximum absolute atomic E-state index is 11.5. The Labute approximate surface area is 105 Å². The Kier molecular flexibility index (Phi) is 6.96. The Balaban J connectivity index is 4.16. The van der Waals surface area contributed by atoms with E-state index in [1.54, 1.807) is 13.8 Å². The fraction of sp³-hybridized carbons (Fsp3) is 0.727. The van der Waals surface area contributed by atoms with E-state index in [1.165, 1.54) is 7.11 Å². The van der Waals surface area contributed by atoms with Crippen molar-refractivity contribution in [3.63, 3.8) is 0 Å². The first-order chi connectivity index (χ1) is 8.29. The third kappa shape index (κ3) is 5.62. The van der Waals surface area contributed by atoms with Crippen LogP contribution < -0.4 is 5.73 Å². The molecule has 0 aliphatic heterocycles. The van der Waals surface area contributed by atoms with Gasteiger partial charge in [0.2, 0.25) is 0 Å². The molecule has 0 aromatic carbocycles. The molecular weight excluding hydrogens is 242 g/mol. The standard InChI is InChI=1S/C11H19NO6/c1-6(4-8(13)14)9(12)11(16)18-5-7(2)10(15)17-3/h6-7,9H,4-5,12H2,1-3H3,(H,13,14)/t6?,7?,9-/m0/s1. The Hall–Kier alpha value is -1.63. The predicted octanol–water partition coefficient (Wildman–Crippen LogP) is -0.223. The molecule has 0 radical (unpaired) electrons. The van der Waals surface area contributed by atoms with Crippen LogP contribution in [0.1, 0.15) is 20.3 Å². The van der Waals surface area contributed by atoms with Crippen LogP contribution in [0.4, 0.5) is 0 Å². The number of aliphatic carboxylic acids is 1. The molecule has 0 saturated heterocycles. The summed E-state index contributed by atoms with van der Waals surface area (Å²) in [4.78, 5) is 33.0. The molecule has 0 amide bonds. The number of carboxylic acids is 1. The lowest BCUT2D eigenvalue weighted by atomic mass is 9.99. The number of nitrogens with two attached hydrogens (primary N) is 1. The summed E-state index contributed by atoms with van der Waals surface area (Å²) < 4.78 is 9.30. The minimum absolute atomic E-state index is 0.140. The summed E-state index contributed by atoms with van der Waals surface area (Å²) in [6, 6.07) is -1.02. The largest absolute Gasteiger partial charge is 0.481 e. The van der Waals surface area contributed by atoms with Crippen LogP contribution in [-0.2, 0) is 23.9 Å². The molecule has 0 heterocycles. The van der Waals surface area contributed by atoms with Crippen molar-refractivity contribution in [2.24, 2.45) is 17.6 Å². The highest BCUT2D eigenvalue weighted by molar-refractivity contribution is 5.78. The quantitative estimate of drug-likeness (QED) is 0.608. The minimum Gasteiger partial charge on any atom is -0.481 e. The van der Waals surface area contributed by atoms with E-state index >= 15 is 0 Å². The Morgan fingerprint density at radius 2 is 1.78 bits per heavy atom. The Morgan fingerprint density at radius 1 is 1.22 bits per heavy atom. The second-order valence-corrected chi connectivity index (χ2v) is 4.16. The van der Waals surface area contributed by atoms with Crippen LogP contribution in [0, 0.1) is 11.8 Å². The molecular formula is C11H19NO6. The maximum atomic E-state index is 11.5. The Morgan fingerprint density at radius 3 is 2.22 bits per heavy atom. The van der Waals surface area contributed by atoms with Gasteiger partial charge in [-0.05, 0) is 12.8 Å². The van der Waals surface area contributed by atoms with E-state index in [0.29, 0.717) is 0 Å². The lowest BCUT2D eigenvalue weighted by molar-refractivity contribution is -0.153. The first-order valence-electron chi connectivity index (χ1n) is 5.51. The molecule has 0 rings (SSSR count). The summed E-state index contributed by atoms with van der Waals surface area (Å²) in [7, 11) is 1.24. The van der Waals surface area contributed by atoms with Gasteiger partial charge in [-0.25, -0.2) is 0 Å². The van der Waals surface area contributed by atoms with Crippen LogP contribution in [0.2, 0.25) is 0 Å². The molecule has 104 valence electrons. The van der Waals surface area contributed by atoms with Crippen LogP contribution in [0.3, 0.4) is 0 Å². The first kappa shape index (κ1) is 16.4. The zero-order valence-corrected chi connectivity index (χ0v) is 10.7. The average molecular weight is 261 g/mol. The number of rotatable bonds is 7. The number of hydrogen-bond acceptors (Lipinski definition) is 6. The van der Waals surface area contributed by atoms with Gasteiger partial charge in [0.05, 0.1) is 13.0 Å². The molecule has 3 atom stereocenters. The van der Waals surface area contributed by atoms with Gasteiger partial charge in [0.15, 0.2) is 0 Å². The summed E-state index contributed by atoms with van der Waals surface area (Å²) in [6.07, 6.45) is -0.219. The summed E-state index contributed by atoms with van der Waals surface area (Å²) in [5, 5.41) is 8.57. The van der Waals surface area contributed by atoms with E-state index in [1.807, 2.05) is 0 Å². The topological polar surface area (TPSA) is 116 Å². The minimum atomic E-state index is -1.03. The first-order valence-corrected chi connectivity index (χ1v) is 5.51. The van der Waals surface area contributed by atoms with Crippen molar-refractivity contribution in [1.29, 1.82) is 0 Å². The molecule has 0 aromatic heterocycles. The molecule has 0 saturated carbocycles. The van der Waals surface area contributed by atoms with Crippen molar-refractivity contribution in [3.05, 3.63) is 0 Å². The van der Waals surface area contributed by atoms with Gasteiger partial charge in [0.25, 0.3) is 0 Å². The zero-order chi connectivity index (χ0) is 14.3. The number of carbonyl (C=O) groups excluding carboxylic acids is 2. The van der Waals surface area contributed by atoms with Gasteiger partial charge in [-0.1, -0.05) is 6.92 Å². The van der Waals surface area contributed by atoms with Crippen LogP contribution in [0.5, 0.6) is 0 Å². The lowest BCUT2D eigenvalue weighted by Gasteiger charge is -2.18. The molecule has 7 nitrogen and oxygen atoms in total. The summed E-state index contributed by atoms with van der Waals surface area (Å²) in [5.74, 6) is -3.37. The molecule has 18 heavy (non-hydrogen) atoms. The number of ether oxygens (including phenoxy) is 2. The van der Waals surface area contributed by atoms with E-state index in [2.05, 4.69) is 4.74 Å². The molecule has 0 aliphatic carbocycles. The highest BCUT2D eigenvalue weighted by Gasteiger charge is 2.25. The van der Waals surface area contributed by atoms with E-state index < -0.39 is 35.8 Å². The van der Waals surface area contributed by atoms with Gasteiger partial charge in [0.1, 0.15) is 12.6 Å². The molecule has 0 fully saturated rings. The fourth-order valence-corrected chi connectivity index (χ4v) is 1.21. The van der Waals surface area contributed by atoms with Gasteiger partial charge in [-0.2, -0.15) is 0 Å². The zero-order valence-electron chi connectivity index (χ0n) is 10.7. The number of hydrogen-bond donors (Lipinski definition) is 2. The molecule has 2 unspecified atom stereocenters. The fourth-order valence-electron chi connectivity index (χ4n) is 1.21.